The lowest BCUT2D eigenvalue weighted by atomic mass is 10.0. The van der Waals surface area contributed by atoms with Crippen LogP contribution in [0.2, 0.25) is 0 Å². The Labute approximate surface area is 640 Å². The Kier molecular flexibility index (Phi) is 81.7. The van der Waals surface area contributed by atoms with Gasteiger partial charge in [0.15, 0.2) is 6.10 Å². The van der Waals surface area contributed by atoms with E-state index in [1.807, 2.05) is 21.1 Å². The summed E-state index contributed by atoms with van der Waals surface area (Å²) in [5.74, 6) is -1.97. The Morgan fingerprint density at radius 2 is 0.553 bits per heavy atom. The molecule has 103 heavy (non-hydrogen) atoms. The molecule has 0 aromatic carbocycles. The van der Waals surface area contributed by atoms with Crippen molar-refractivity contribution in [1.29, 1.82) is 0 Å². The molecule has 0 amide bonds. The molecule has 0 aromatic heterocycles. The van der Waals surface area contributed by atoms with Crippen LogP contribution in [0.5, 0.6) is 0 Å². The number of unbranched alkanes of at least 4 members (excludes halogenated alkanes) is 58. The molecule has 1 N–H and O–H groups in total. The highest BCUT2D eigenvalue weighted by Gasteiger charge is 2.25. The molecule has 9 heteroatoms. The largest absolute Gasteiger partial charge is 0.477 e. The van der Waals surface area contributed by atoms with Crippen LogP contribution < -0.4 is 0 Å². The number of likely N-dealkylation sites (N-methyl/N-ethyl adjacent to an activating group) is 1. The average Bonchev–Trinajstić information content (AvgIpc) is 1.16. The van der Waals surface area contributed by atoms with Crippen LogP contribution in [0.3, 0.4) is 0 Å². The lowest BCUT2D eigenvalue weighted by Gasteiger charge is -2.25. The van der Waals surface area contributed by atoms with Gasteiger partial charge in [-0.25, -0.2) is 4.79 Å². The minimum atomic E-state index is -1.51. The molecule has 0 aromatic rings. The molecule has 2 atom stereocenters. The summed E-state index contributed by atoms with van der Waals surface area (Å²) >= 11 is 0. The summed E-state index contributed by atoms with van der Waals surface area (Å²) in [6.45, 7) is 4.84. The van der Waals surface area contributed by atoms with Gasteiger partial charge in [-0.1, -0.05) is 427 Å². The van der Waals surface area contributed by atoms with E-state index in [0.29, 0.717) is 17.4 Å². The number of carboxylic acids is 1. The normalized spacial score (nSPS) is 12.9. The van der Waals surface area contributed by atoms with Gasteiger partial charge in [-0.2, -0.15) is 0 Å². The summed E-state index contributed by atoms with van der Waals surface area (Å²) in [4.78, 5) is 37.8. The molecular formula is C94H174NO8+. The number of ether oxygens (including phenoxy) is 4. The number of hydrogen-bond acceptors (Lipinski definition) is 7. The van der Waals surface area contributed by atoms with Crippen LogP contribution in [0.15, 0.2) is 72.9 Å². The highest BCUT2D eigenvalue weighted by atomic mass is 16.7. The third-order valence-corrected chi connectivity index (χ3v) is 20.4. The smallest absolute Gasteiger partial charge is 0.361 e. The summed E-state index contributed by atoms with van der Waals surface area (Å²) < 4.78 is 23.1. The van der Waals surface area contributed by atoms with E-state index in [2.05, 4.69) is 86.8 Å². The van der Waals surface area contributed by atoms with Gasteiger partial charge in [0.1, 0.15) is 13.2 Å². The molecule has 0 aliphatic carbocycles. The Morgan fingerprint density at radius 3 is 0.835 bits per heavy atom. The molecule has 0 radical (unpaired) electrons. The summed E-state index contributed by atoms with van der Waals surface area (Å²) in [6, 6.07) is 0. The maximum absolute atomic E-state index is 13.0. The van der Waals surface area contributed by atoms with Crippen molar-refractivity contribution in [2.45, 2.75) is 463 Å². The molecule has 0 spiro atoms. The van der Waals surface area contributed by atoms with Gasteiger partial charge in [-0.15, -0.1) is 0 Å². The highest BCUT2D eigenvalue weighted by Crippen LogP contribution is 2.21. The van der Waals surface area contributed by atoms with Crippen LogP contribution >= 0.6 is 0 Å². The first kappa shape index (κ1) is 99.7. The summed E-state index contributed by atoms with van der Waals surface area (Å²) in [5, 5.41) is 9.80. The van der Waals surface area contributed by atoms with Crippen molar-refractivity contribution < 1.29 is 42.9 Å². The van der Waals surface area contributed by atoms with Crippen LogP contribution in [-0.4, -0.2) is 87.4 Å². The molecule has 0 aliphatic rings. The van der Waals surface area contributed by atoms with E-state index < -0.39 is 18.4 Å². The lowest BCUT2D eigenvalue weighted by Crippen LogP contribution is -2.40. The fourth-order valence-corrected chi connectivity index (χ4v) is 13.6. The molecule has 0 heterocycles. The number of rotatable bonds is 85. The number of nitrogens with zero attached hydrogens (tertiary/aromatic N) is 1. The van der Waals surface area contributed by atoms with Gasteiger partial charge >= 0.3 is 17.9 Å². The second kappa shape index (κ2) is 84.4. The Morgan fingerprint density at radius 1 is 0.301 bits per heavy atom. The van der Waals surface area contributed by atoms with Crippen molar-refractivity contribution in [2.24, 2.45) is 0 Å². The highest BCUT2D eigenvalue weighted by molar-refractivity contribution is 5.71. The summed E-state index contributed by atoms with van der Waals surface area (Å²) in [6.07, 6.45) is 113. The molecule has 0 fully saturated rings. The van der Waals surface area contributed by atoms with Crippen LogP contribution in [0, 0.1) is 0 Å². The van der Waals surface area contributed by atoms with Crippen LogP contribution in [0.4, 0.5) is 0 Å². The van der Waals surface area contributed by atoms with Crippen molar-refractivity contribution >= 4 is 17.9 Å². The fraction of sp³-hybridized carbons (Fsp3) is 0.840. The molecule has 0 rings (SSSR count). The predicted molar refractivity (Wildman–Crippen MR) is 447 cm³/mol. The van der Waals surface area contributed by atoms with Gasteiger partial charge in [0, 0.05) is 12.8 Å². The van der Waals surface area contributed by atoms with E-state index >= 15 is 0 Å². The molecule has 0 aliphatic heterocycles. The van der Waals surface area contributed by atoms with E-state index in [-0.39, 0.29) is 38.2 Å². The average molecular weight is 1450 g/mol. The number of esters is 2. The minimum Gasteiger partial charge on any atom is -0.477 e. The zero-order valence-electron chi connectivity index (χ0n) is 69.2. The second-order valence-electron chi connectivity index (χ2n) is 31.9. The quantitative estimate of drug-likeness (QED) is 0.0211. The first-order valence-electron chi connectivity index (χ1n) is 45.1. The lowest BCUT2D eigenvalue weighted by molar-refractivity contribution is -0.870. The number of hydrogen-bond donors (Lipinski definition) is 1. The second-order valence-corrected chi connectivity index (χ2v) is 31.9. The first-order valence-corrected chi connectivity index (χ1v) is 45.1. The number of carbonyl (C=O) groups excluding carboxylic acids is 2. The standard InChI is InChI=1S/C94H173NO8/c1-6-8-10-12-14-16-18-20-22-24-26-28-30-32-34-36-38-40-42-44-45-46-47-49-50-52-54-56-58-60-62-64-66-68-70-72-74-76-78-80-82-84-91(96)101-88-90(89-102-94(93(98)99)100-87-86-95(3,4)5)103-92(97)85-83-81-79-77-75-73-71-69-67-65-63-61-59-57-55-53-51-48-43-41-39-37-35-33-31-29-27-25-23-21-19-17-15-13-11-9-7-2/h9,11,15,17,21,23-24,26-27,29,33,35,90,94H,6-8,10,12-14,16,18-20,22,25,28,30-32,34,36-89H2,1-5H3/p+1/b11-9-,17-15-,23-21-,26-24-,29-27-,35-33-. The number of quaternary nitrogens is 1. The zero-order valence-corrected chi connectivity index (χ0v) is 69.2. The van der Waals surface area contributed by atoms with Gasteiger partial charge in [0.05, 0.1) is 34.4 Å². The number of carbonyl (C=O) groups is 3. The van der Waals surface area contributed by atoms with Gasteiger partial charge in [0.25, 0.3) is 6.29 Å². The van der Waals surface area contributed by atoms with Gasteiger partial charge in [-0.3, -0.25) is 9.59 Å². The minimum absolute atomic E-state index is 0.177. The monoisotopic (exact) mass is 1450 g/mol. The van der Waals surface area contributed by atoms with Crippen molar-refractivity contribution in [2.75, 3.05) is 47.5 Å². The number of aliphatic carboxylic acids is 1. The molecule has 9 nitrogen and oxygen atoms in total. The van der Waals surface area contributed by atoms with Crippen molar-refractivity contribution in [1.82, 2.24) is 0 Å². The van der Waals surface area contributed by atoms with Gasteiger partial charge < -0.3 is 28.5 Å². The van der Waals surface area contributed by atoms with Gasteiger partial charge in [0.2, 0.25) is 0 Å². The Balaban J connectivity index is 3.90. The Hall–Kier alpha value is -3.27. The first-order chi connectivity index (χ1) is 50.6. The fourth-order valence-electron chi connectivity index (χ4n) is 13.6. The van der Waals surface area contributed by atoms with Crippen LogP contribution in [-0.2, 0) is 33.3 Å². The Bertz CT molecular complexity index is 1930. The van der Waals surface area contributed by atoms with E-state index in [9.17, 15) is 19.5 Å². The third-order valence-electron chi connectivity index (χ3n) is 20.4. The summed E-state index contributed by atoms with van der Waals surface area (Å²) in [5.41, 5.74) is 0. The van der Waals surface area contributed by atoms with E-state index in [1.165, 1.54) is 353 Å². The molecule has 0 saturated carbocycles. The maximum Gasteiger partial charge on any atom is 0.361 e. The third kappa shape index (κ3) is 85.9. The van der Waals surface area contributed by atoms with Crippen molar-refractivity contribution in [3.63, 3.8) is 0 Å². The van der Waals surface area contributed by atoms with E-state index in [4.69, 9.17) is 18.9 Å². The predicted octanol–water partition coefficient (Wildman–Crippen LogP) is 29.5. The number of carboxylic acid groups (broad SMARTS) is 1. The summed E-state index contributed by atoms with van der Waals surface area (Å²) in [7, 11) is 6.00. The SMILES string of the molecule is CC/C=C\C/C=C\C/C=C\C/C=C\C/C=C\CCCCCCCCCCCCCCCCCCCCCCCC(=O)OC(COC(=O)CCCCCCCCCCCCCCCCCCCCCCCCCCCCCCC/C=C\CCCCCCCCCC)COC(OCC[N+](C)(C)C)C(=O)O. The number of allylic oxidation sites excluding steroid dienone is 12. The van der Waals surface area contributed by atoms with Crippen LogP contribution in [0.1, 0.15) is 450 Å². The van der Waals surface area contributed by atoms with E-state index in [0.717, 1.165) is 70.6 Å². The van der Waals surface area contributed by atoms with Gasteiger partial charge in [-0.05, 0) is 83.5 Å². The molecule has 0 bridgehead atoms. The molecule has 2 unspecified atom stereocenters. The van der Waals surface area contributed by atoms with Crippen LogP contribution in [0.25, 0.3) is 0 Å². The topological polar surface area (TPSA) is 108 Å². The van der Waals surface area contributed by atoms with E-state index in [1.54, 1.807) is 0 Å². The maximum atomic E-state index is 13.0. The molecular weight excluding hydrogens is 1270 g/mol. The zero-order chi connectivity index (χ0) is 74.6. The molecule has 602 valence electrons. The molecule has 0 saturated heterocycles. The van der Waals surface area contributed by atoms with Crippen molar-refractivity contribution in [3.8, 4) is 0 Å². The van der Waals surface area contributed by atoms with Crippen molar-refractivity contribution in [3.05, 3.63) is 72.9 Å².